The van der Waals surface area contributed by atoms with E-state index in [2.05, 4.69) is 10.4 Å². The first kappa shape index (κ1) is 25.7. The Hall–Kier alpha value is -3.55. The van der Waals surface area contributed by atoms with E-state index in [-0.39, 0.29) is 24.9 Å². The van der Waals surface area contributed by atoms with Crippen LogP contribution >= 0.6 is 0 Å². The Balaban J connectivity index is 1.96. The lowest BCUT2D eigenvalue weighted by atomic mass is 10.0. The highest BCUT2D eigenvalue weighted by atomic mass is 16.5. The predicted octanol–water partition coefficient (Wildman–Crippen LogP) is 3.52. The van der Waals surface area contributed by atoms with E-state index < -0.39 is 6.04 Å². The normalized spacial score (nSPS) is 11.7. The molecular weight excluding hydrogens is 422 g/mol. The Bertz CT molecular complexity index is 928. The van der Waals surface area contributed by atoms with Gasteiger partial charge in [-0.25, -0.2) is 0 Å². The van der Waals surface area contributed by atoms with Crippen molar-refractivity contribution >= 4 is 18.1 Å². The topological polar surface area (TPSA) is 112 Å². The van der Waals surface area contributed by atoms with Gasteiger partial charge in [-0.05, 0) is 49.4 Å². The van der Waals surface area contributed by atoms with Gasteiger partial charge in [-0.2, -0.15) is 5.10 Å². The van der Waals surface area contributed by atoms with Gasteiger partial charge in [0, 0.05) is 18.1 Å². The van der Waals surface area contributed by atoms with Gasteiger partial charge in [0.15, 0.2) is 0 Å². The summed E-state index contributed by atoms with van der Waals surface area (Å²) >= 11 is 0. The number of rotatable bonds is 13. The Morgan fingerprint density at radius 1 is 1.09 bits per heavy atom. The SMILES string of the molecule is CCOC(=O)CC(NC(=O)CCCCc1ccc(C=NN)cc1)c1ccc(OC)cc1OC. The fourth-order valence-electron chi connectivity index (χ4n) is 3.47. The molecule has 0 bridgehead atoms. The zero-order valence-corrected chi connectivity index (χ0v) is 19.5. The van der Waals surface area contributed by atoms with Crippen molar-refractivity contribution < 1.29 is 23.8 Å². The third-order valence-electron chi connectivity index (χ3n) is 5.15. The zero-order chi connectivity index (χ0) is 24.1. The number of benzene rings is 2. The summed E-state index contributed by atoms with van der Waals surface area (Å²) < 4.78 is 15.8. The van der Waals surface area contributed by atoms with E-state index in [4.69, 9.17) is 20.1 Å². The molecule has 0 aliphatic carbocycles. The third-order valence-corrected chi connectivity index (χ3v) is 5.15. The number of hydrogen-bond donors (Lipinski definition) is 2. The Morgan fingerprint density at radius 2 is 1.85 bits per heavy atom. The monoisotopic (exact) mass is 455 g/mol. The van der Waals surface area contributed by atoms with Gasteiger partial charge in [-0.1, -0.05) is 24.3 Å². The molecule has 0 radical (unpaired) electrons. The average molecular weight is 456 g/mol. The molecule has 1 atom stereocenters. The summed E-state index contributed by atoms with van der Waals surface area (Å²) in [5.74, 6) is 5.81. The first-order valence-corrected chi connectivity index (χ1v) is 11.0. The van der Waals surface area contributed by atoms with Gasteiger partial charge in [-0.15, -0.1) is 0 Å². The van der Waals surface area contributed by atoms with Gasteiger partial charge >= 0.3 is 5.97 Å². The molecule has 3 N–H and O–H groups in total. The van der Waals surface area contributed by atoms with Crippen LogP contribution in [0, 0.1) is 0 Å². The van der Waals surface area contributed by atoms with Crippen molar-refractivity contribution in [2.45, 2.75) is 45.1 Å². The van der Waals surface area contributed by atoms with E-state index in [9.17, 15) is 9.59 Å². The van der Waals surface area contributed by atoms with Crippen LogP contribution in [-0.4, -0.2) is 38.9 Å². The fraction of sp³-hybridized carbons (Fsp3) is 0.400. The number of nitrogens with zero attached hydrogens (tertiary/aromatic N) is 1. The van der Waals surface area contributed by atoms with Crippen LogP contribution in [-0.2, 0) is 20.7 Å². The fourth-order valence-corrected chi connectivity index (χ4v) is 3.47. The number of aryl methyl sites for hydroxylation is 1. The molecule has 2 rings (SSSR count). The van der Waals surface area contributed by atoms with Crippen molar-refractivity contribution in [2.24, 2.45) is 10.9 Å². The second-order valence-electron chi connectivity index (χ2n) is 7.46. The lowest BCUT2D eigenvalue weighted by molar-refractivity contribution is -0.143. The van der Waals surface area contributed by atoms with Crippen molar-refractivity contribution in [1.29, 1.82) is 0 Å². The third kappa shape index (κ3) is 8.48. The van der Waals surface area contributed by atoms with E-state index in [1.165, 1.54) is 12.7 Å². The summed E-state index contributed by atoms with van der Waals surface area (Å²) in [4.78, 5) is 24.8. The summed E-state index contributed by atoms with van der Waals surface area (Å²) in [6, 6.07) is 12.7. The molecule has 0 saturated carbocycles. The van der Waals surface area contributed by atoms with Crippen molar-refractivity contribution in [3.63, 3.8) is 0 Å². The molecule has 0 aromatic heterocycles. The first-order chi connectivity index (χ1) is 16.0. The molecule has 2 aromatic carbocycles. The molecule has 0 saturated heterocycles. The van der Waals surface area contributed by atoms with Crippen molar-refractivity contribution in [2.75, 3.05) is 20.8 Å². The summed E-state index contributed by atoms with van der Waals surface area (Å²) in [7, 11) is 3.10. The minimum Gasteiger partial charge on any atom is -0.497 e. The number of amides is 1. The van der Waals surface area contributed by atoms with E-state index >= 15 is 0 Å². The molecule has 2 aromatic rings. The zero-order valence-electron chi connectivity index (χ0n) is 19.5. The summed E-state index contributed by atoms with van der Waals surface area (Å²) in [5.41, 5.74) is 2.83. The lowest BCUT2D eigenvalue weighted by Crippen LogP contribution is -2.30. The average Bonchev–Trinajstić information content (AvgIpc) is 2.82. The highest BCUT2D eigenvalue weighted by molar-refractivity contribution is 5.79. The predicted molar refractivity (Wildman–Crippen MR) is 127 cm³/mol. The van der Waals surface area contributed by atoms with Crippen LogP contribution in [0.1, 0.15) is 55.3 Å². The Labute approximate surface area is 195 Å². The highest BCUT2D eigenvalue weighted by Gasteiger charge is 2.23. The van der Waals surface area contributed by atoms with E-state index in [0.29, 0.717) is 23.5 Å². The van der Waals surface area contributed by atoms with Gasteiger partial charge in [0.25, 0.3) is 0 Å². The number of carbonyl (C=O) groups is 2. The number of ether oxygens (including phenoxy) is 3. The van der Waals surface area contributed by atoms with Gasteiger partial charge < -0.3 is 25.4 Å². The van der Waals surface area contributed by atoms with Crippen LogP contribution in [0.2, 0.25) is 0 Å². The summed E-state index contributed by atoms with van der Waals surface area (Å²) in [6.45, 7) is 2.03. The summed E-state index contributed by atoms with van der Waals surface area (Å²) in [6.07, 6.45) is 4.43. The molecule has 0 heterocycles. The maximum Gasteiger partial charge on any atom is 0.308 e. The van der Waals surface area contributed by atoms with Crippen molar-refractivity contribution in [3.8, 4) is 11.5 Å². The molecule has 1 amide bonds. The minimum absolute atomic E-state index is 0.0146. The van der Waals surface area contributed by atoms with E-state index in [1.807, 2.05) is 24.3 Å². The number of methoxy groups -OCH3 is 2. The maximum absolute atomic E-state index is 12.7. The van der Waals surface area contributed by atoms with Gasteiger partial charge in [0.2, 0.25) is 5.91 Å². The van der Waals surface area contributed by atoms with Crippen LogP contribution in [0.25, 0.3) is 0 Å². The second-order valence-corrected chi connectivity index (χ2v) is 7.46. The largest absolute Gasteiger partial charge is 0.497 e. The minimum atomic E-state index is -0.561. The van der Waals surface area contributed by atoms with Gasteiger partial charge in [0.05, 0.1) is 39.5 Å². The highest BCUT2D eigenvalue weighted by Crippen LogP contribution is 2.31. The van der Waals surface area contributed by atoms with Crippen molar-refractivity contribution in [3.05, 3.63) is 59.2 Å². The molecule has 0 fully saturated rings. The van der Waals surface area contributed by atoms with Crippen LogP contribution in [0.15, 0.2) is 47.6 Å². The van der Waals surface area contributed by atoms with Gasteiger partial charge in [-0.3, -0.25) is 9.59 Å². The lowest BCUT2D eigenvalue weighted by Gasteiger charge is -2.21. The second kappa shape index (κ2) is 13.8. The molecule has 1 unspecified atom stereocenters. The Morgan fingerprint density at radius 3 is 2.48 bits per heavy atom. The maximum atomic E-state index is 12.7. The first-order valence-electron chi connectivity index (χ1n) is 11.0. The molecule has 8 nitrogen and oxygen atoms in total. The number of carbonyl (C=O) groups excluding carboxylic acids is 2. The molecular formula is C25H33N3O5. The molecule has 0 aliphatic heterocycles. The molecule has 33 heavy (non-hydrogen) atoms. The van der Waals surface area contributed by atoms with Crippen LogP contribution < -0.4 is 20.6 Å². The number of hydrazone groups is 1. The van der Waals surface area contributed by atoms with Gasteiger partial charge in [0.1, 0.15) is 11.5 Å². The van der Waals surface area contributed by atoms with Crippen molar-refractivity contribution in [1.82, 2.24) is 5.32 Å². The smallest absolute Gasteiger partial charge is 0.308 e. The number of nitrogens with two attached hydrogens (primary N) is 1. The molecule has 0 aliphatic rings. The molecule has 178 valence electrons. The molecule has 8 heteroatoms. The number of hydrogen-bond acceptors (Lipinski definition) is 7. The van der Waals surface area contributed by atoms with E-state index in [0.717, 1.165) is 24.8 Å². The number of unbranched alkanes of at least 4 members (excludes halogenated alkanes) is 1. The summed E-state index contributed by atoms with van der Waals surface area (Å²) in [5, 5.41) is 6.48. The Kier molecular flexibility index (Phi) is 10.7. The van der Waals surface area contributed by atoms with Crippen LogP contribution in [0.4, 0.5) is 0 Å². The quantitative estimate of drug-likeness (QED) is 0.157. The standard InChI is InChI=1S/C25H33N3O5/c1-4-33-25(30)16-22(21-14-13-20(31-2)15-23(21)32-3)28-24(29)8-6-5-7-18-9-11-19(12-10-18)17-27-26/h9-15,17,22H,4-8,16,26H2,1-3H3,(H,28,29). The number of esters is 1. The van der Waals surface area contributed by atoms with Crippen LogP contribution in [0.5, 0.6) is 11.5 Å². The molecule has 0 spiro atoms. The van der Waals surface area contributed by atoms with E-state index in [1.54, 1.807) is 38.4 Å². The number of nitrogens with one attached hydrogen (secondary N) is 1. The van der Waals surface area contributed by atoms with Crippen LogP contribution in [0.3, 0.4) is 0 Å².